The van der Waals surface area contributed by atoms with Crippen LogP contribution >= 0.6 is 11.6 Å². The quantitative estimate of drug-likeness (QED) is 0.821. The minimum atomic E-state index is -0.767. The second-order valence-corrected chi connectivity index (χ2v) is 5.74. The Labute approximate surface area is 151 Å². The van der Waals surface area contributed by atoms with Gasteiger partial charge in [-0.25, -0.2) is 0 Å². The molecule has 2 aromatic carbocycles. The number of carbonyl (C=O) groups excluding carboxylic acids is 2. The van der Waals surface area contributed by atoms with Gasteiger partial charge in [-0.05, 0) is 37.3 Å². The van der Waals surface area contributed by atoms with Gasteiger partial charge in [0.25, 0.3) is 5.91 Å². The number of anilines is 2. The third-order valence-electron chi connectivity index (χ3n) is 3.26. The van der Waals surface area contributed by atoms with Crippen LogP contribution in [0.1, 0.15) is 13.8 Å². The largest absolute Gasteiger partial charge is 0.495 e. The molecule has 1 atom stereocenters. The summed E-state index contributed by atoms with van der Waals surface area (Å²) in [5.74, 6) is 0.422. The van der Waals surface area contributed by atoms with Crippen LogP contribution < -0.4 is 20.1 Å². The van der Waals surface area contributed by atoms with Crippen LogP contribution in [0.4, 0.5) is 11.4 Å². The molecule has 0 spiro atoms. The first-order valence-electron chi connectivity index (χ1n) is 7.57. The highest BCUT2D eigenvalue weighted by Gasteiger charge is 2.17. The SMILES string of the molecule is COc1ccc(Cl)cc1NC(=O)[C@@H](C)Oc1cccc(NC(C)=O)c1. The summed E-state index contributed by atoms with van der Waals surface area (Å²) in [6.07, 6.45) is -0.767. The minimum Gasteiger partial charge on any atom is -0.495 e. The summed E-state index contributed by atoms with van der Waals surface area (Å²) in [5.41, 5.74) is 1.05. The molecule has 6 nitrogen and oxygen atoms in total. The molecule has 0 fully saturated rings. The second kappa shape index (κ2) is 8.39. The van der Waals surface area contributed by atoms with Crippen molar-refractivity contribution in [2.45, 2.75) is 20.0 Å². The van der Waals surface area contributed by atoms with Crippen LogP contribution in [0.3, 0.4) is 0 Å². The maximum atomic E-state index is 12.4. The number of halogens is 1. The van der Waals surface area contributed by atoms with Gasteiger partial charge in [-0.1, -0.05) is 17.7 Å². The van der Waals surface area contributed by atoms with E-state index >= 15 is 0 Å². The number of nitrogens with one attached hydrogen (secondary N) is 2. The van der Waals surface area contributed by atoms with Gasteiger partial charge in [0.1, 0.15) is 11.5 Å². The lowest BCUT2D eigenvalue weighted by molar-refractivity contribution is -0.122. The molecule has 25 heavy (non-hydrogen) atoms. The van der Waals surface area contributed by atoms with E-state index in [2.05, 4.69) is 10.6 Å². The fourth-order valence-corrected chi connectivity index (χ4v) is 2.29. The van der Waals surface area contributed by atoms with Crippen molar-refractivity contribution in [2.75, 3.05) is 17.7 Å². The van der Waals surface area contributed by atoms with Crippen molar-refractivity contribution in [3.05, 3.63) is 47.5 Å². The molecule has 0 bridgehead atoms. The maximum absolute atomic E-state index is 12.4. The molecule has 132 valence electrons. The van der Waals surface area contributed by atoms with Crippen molar-refractivity contribution in [3.8, 4) is 11.5 Å². The summed E-state index contributed by atoms with van der Waals surface area (Å²) < 4.78 is 10.8. The Hall–Kier alpha value is -2.73. The Kier molecular flexibility index (Phi) is 6.25. The number of amides is 2. The monoisotopic (exact) mass is 362 g/mol. The van der Waals surface area contributed by atoms with E-state index in [0.29, 0.717) is 27.9 Å². The Morgan fingerprint density at radius 2 is 1.88 bits per heavy atom. The van der Waals surface area contributed by atoms with Gasteiger partial charge >= 0.3 is 0 Å². The number of hydrogen-bond donors (Lipinski definition) is 2. The Morgan fingerprint density at radius 1 is 1.12 bits per heavy atom. The van der Waals surface area contributed by atoms with E-state index in [-0.39, 0.29) is 11.8 Å². The zero-order valence-corrected chi connectivity index (χ0v) is 14.9. The Bertz CT molecular complexity index is 779. The lowest BCUT2D eigenvalue weighted by Crippen LogP contribution is -2.30. The normalized spacial score (nSPS) is 11.4. The molecular formula is C18H19ClN2O4. The third-order valence-corrected chi connectivity index (χ3v) is 3.49. The van der Waals surface area contributed by atoms with E-state index < -0.39 is 6.10 Å². The van der Waals surface area contributed by atoms with Gasteiger partial charge in [0.05, 0.1) is 12.8 Å². The number of benzene rings is 2. The molecule has 2 rings (SSSR count). The van der Waals surface area contributed by atoms with Crippen molar-refractivity contribution in [2.24, 2.45) is 0 Å². The summed E-state index contributed by atoms with van der Waals surface area (Å²) in [4.78, 5) is 23.5. The lowest BCUT2D eigenvalue weighted by atomic mass is 10.2. The number of hydrogen-bond acceptors (Lipinski definition) is 4. The molecule has 0 saturated carbocycles. The smallest absolute Gasteiger partial charge is 0.265 e. The average Bonchev–Trinajstić information content (AvgIpc) is 2.54. The van der Waals surface area contributed by atoms with Gasteiger partial charge in [-0.3, -0.25) is 9.59 Å². The van der Waals surface area contributed by atoms with Crippen LogP contribution in [0.15, 0.2) is 42.5 Å². The van der Waals surface area contributed by atoms with Gasteiger partial charge in [0.2, 0.25) is 5.91 Å². The molecule has 0 radical (unpaired) electrons. The highest BCUT2D eigenvalue weighted by molar-refractivity contribution is 6.31. The number of rotatable bonds is 6. The van der Waals surface area contributed by atoms with Gasteiger partial charge in [0.15, 0.2) is 6.10 Å². The van der Waals surface area contributed by atoms with Crippen LogP contribution in [0.25, 0.3) is 0 Å². The van der Waals surface area contributed by atoms with Crippen LogP contribution in [-0.4, -0.2) is 25.0 Å². The first-order chi connectivity index (χ1) is 11.9. The predicted octanol–water partition coefficient (Wildman–Crippen LogP) is 3.71. The van der Waals surface area contributed by atoms with Crippen LogP contribution in [0.2, 0.25) is 5.02 Å². The zero-order chi connectivity index (χ0) is 18.4. The molecule has 0 heterocycles. The molecule has 7 heteroatoms. The summed E-state index contributed by atoms with van der Waals surface area (Å²) in [5, 5.41) is 5.86. The van der Waals surface area contributed by atoms with Crippen LogP contribution in [0.5, 0.6) is 11.5 Å². The van der Waals surface area contributed by atoms with Crippen molar-refractivity contribution in [1.29, 1.82) is 0 Å². The number of methoxy groups -OCH3 is 1. The molecule has 2 aromatic rings. The molecular weight excluding hydrogens is 344 g/mol. The van der Waals surface area contributed by atoms with Crippen molar-refractivity contribution < 1.29 is 19.1 Å². The third kappa shape index (κ3) is 5.39. The maximum Gasteiger partial charge on any atom is 0.265 e. The lowest BCUT2D eigenvalue weighted by Gasteiger charge is -2.17. The van der Waals surface area contributed by atoms with Gasteiger partial charge in [-0.15, -0.1) is 0 Å². The summed E-state index contributed by atoms with van der Waals surface area (Å²) in [6.45, 7) is 3.04. The van der Waals surface area contributed by atoms with Gasteiger partial charge in [-0.2, -0.15) is 0 Å². The van der Waals surface area contributed by atoms with Crippen molar-refractivity contribution >= 4 is 34.8 Å². The topological polar surface area (TPSA) is 76.7 Å². The second-order valence-electron chi connectivity index (χ2n) is 5.30. The molecule has 2 N–H and O–H groups in total. The van der Waals surface area contributed by atoms with E-state index in [9.17, 15) is 9.59 Å². The van der Waals surface area contributed by atoms with Gasteiger partial charge in [0, 0.05) is 23.7 Å². The highest BCUT2D eigenvalue weighted by Crippen LogP contribution is 2.28. The highest BCUT2D eigenvalue weighted by atomic mass is 35.5. The zero-order valence-electron chi connectivity index (χ0n) is 14.1. The van der Waals surface area contributed by atoms with E-state index in [1.807, 2.05) is 0 Å². The molecule has 0 unspecified atom stereocenters. The van der Waals surface area contributed by atoms with Crippen LogP contribution in [0, 0.1) is 0 Å². The molecule has 0 saturated heterocycles. The van der Waals surface area contributed by atoms with Crippen molar-refractivity contribution in [3.63, 3.8) is 0 Å². The van der Waals surface area contributed by atoms with E-state index in [1.54, 1.807) is 49.4 Å². The fraction of sp³-hybridized carbons (Fsp3) is 0.222. The van der Waals surface area contributed by atoms with Crippen LogP contribution in [-0.2, 0) is 9.59 Å². The van der Waals surface area contributed by atoms with E-state index in [4.69, 9.17) is 21.1 Å². The predicted molar refractivity (Wildman–Crippen MR) is 97.5 cm³/mol. The average molecular weight is 363 g/mol. The van der Waals surface area contributed by atoms with Gasteiger partial charge < -0.3 is 20.1 Å². The number of carbonyl (C=O) groups is 2. The molecule has 0 aromatic heterocycles. The summed E-state index contributed by atoms with van der Waals surface area (Å²) >= 11 is 5.95. The fourth-order valence-electron chi connectivity index (χ4n) is 2.12. The Balaban J connectivity index is 2.06. The van der Waals surface area contributed by atoms with E-state index in [1.165, 1.54) is 14.0 Å². The molecule has 0 aliphatic rings. The Morgan fingerprint density at radius 3 is 2.56 bits per heavy atom. The molecule has 2 amide bonds. The molecule has 0 aliphatic heterocycles. The van der Waals surface area contributed by atoms with Crippen molar-refractivity contribution in [1.82, 2.24) is 0 Å². The first-order valence-corrected chi connectivity index (χ1v) is 7.95. The summed E-state index contributed by atoms with van der Waals surface area (Å²) in [7, 11) is 1.51. The molecule has 0 aliphatic carbocycles. The standard InChI is InChI=1S/C18H19ClN2O4/c1-11(25-15-6-4-5-14(10-15)20-12(2)22)18(23)21-16-9-13(19)7-8-17(16)24-3/h4-11H,1-3H3,(H,20,22)(H,21,23)/t11-/m1/s1. The number of ether oxygens (including phenoxy) is 2. The minimum absolute atomic E-state index is 0.184. The van der Waals surface area contributed by atoms with E-state index in [0.717, 1.165) is 0 Å². The summed E-state index contributed by atoms with van der Waals surface area (Å²) in [6, 6.07) is 11.7. The first kappa shape index (κ1) is 18.6.